The minimum Gasteiger partial charge on any atom is -0.451 e. The van der Waals surface area contributed by atoms with Gasteiger partial charge in [-0.3, -0.25) is 4.79 Å². The number of anilines is 1. The molecular weight excluding hydrogens is 373 g/mol. The fraction of sp³-hybridized carbons (Fsp3) is 0.476. The number of amides is 1. The summed E-state index contributed by atoms with van der Waals surface area (Å²) in [5, 5.41) is 0. The van der Waals surface area contributed by atoms with Crippen LogP contribution in [0.15, 0.2) is 30.7 Å². The molecule has 1 aliphatic heterocycles. The van der Waals surface area contributed by atoms with Crippen molar-refractivity contribution in [3.63, 3.8) is 0 Å². The van der Waals surface area contributed by atoms with Crippen LogP contribution >= 0.6 is 0 Å². The third-order valence-corrected chi connectivity index (χ3v) is 5.89. The number of nitrogens with zero attached hydrogens (tertiary/aromatic N) is 4. The van der Waals surface area contributed by atoms with Crippen molar-refractivity contribution >= 4 is 11.7 Å². The summed E-state index contributed by atoms with van der Waals surface area (Å²) < 4.78 is 19.9. The smallest absolute Gasteiger partial charge is 0.257 e. The summed E-state index contributed by atoms with van der Waals surface area (Å²) in [6, 6.07) is 4.22. The van der Waals surface area contributed by atoms with E-state index in [1.165, 1.54) is 24.5 Å². The standard InChI is InChI=1S/C21H26FN5O2/c1-13(2)26(3)20(28)16-6-14(22)4-5-17(16)29-18-9-24-12-25-19(18)27-10-21(11-27)7-15(23)8-21/h4-6,9,12-13,15H,7-8,10-11,23H2,1-3H3. The second kappa shape index (κ2) is 7.26. The van der Waals surface area contributed by atoms with Crippen LogP contribution in [0.3, 0.4) is 0 Å². The van der Waals surface area contributed by atoms with E-state index >= 15 is 0 Å². The fourth-order valence-corrected chi connectivity index (χ4v) is 4.15. The van der Waals surface area contributed by atoms with Crippen LogP contribution in [0.5, 0.6) is 11.5 Å². The fourth-order valence-electron chi connectivity index (χ4n) is 4.15. The van der Waals surface area contributed by atoms with Crippen LogP contribution < -0.4 is 15.4 Å². The van der Waals surface area contributed by atoms with Gasteiger partial charge in [-0.1, -0.05) is 0 Å². The molecule has 8 heteroatoms. The van der Waals surface area contributed by atoms with E-state index in [-0.39, 0.29) is 23.3 Å². The quantitative estimate of drug-likeness (QED) is 0.832. The van der Waals surface area contributed by atoms with Gasteiger partial charge in [0.2, 0.25) is 0 Å². The summed E-state index contributed by atoms with van der Waals surface area (Å²) in [4.78, 5) is 25.0. The number of nitrogens with two attached hydrogens (primary N) is 1. The molecule has 1 aromatic heterocycles. The van der Waals surface area contributed by atoms with Gasteiger partial charge in [-0.2, -0.15) is 0 Å². The van der Waals surface area contributed by atoms with Gasteiger partial charge in [0, 0.05) is 37.6 Å². The Balaban J connectivity index is 1.58. The predicted octanol–water partition coefficient (Wildman–Crippen LogP) is 2.82. The molecule has 2 N–H and O–H groups in total. The molecule has 1 aliphatic carbocycles. The number of hydrogen-bond acceptors (Lipinski definition) is 6. The average Bonchev–Trinajstić information content (AvgIpc) is 2.64. The molecule has 0 unspecified atom stereocenters. The van der Waals surface area contributed by atoms with Crippen molar-refractivity contribution in [2.24, 2.45) is 11.1 Å². The van der Waals surface area contributed by atoms with Gasteiger partial charge >= 0.3 is 0 Å². The molecule has 2 fully saturated rings. The lowest BCUT2D eigenvalue weighted by Crippen LogP contribution is -2.65. The molecule has 1 aromatic carbocycles. The average molecular weight is 399 g/mol. The van der Waals surface area contributed by atoms with E-state index in [1.54, 1.807) is 18.1 Å². The largest absolute Gasteiger partial charge is 0.451 e. The molecule has 2 aromatic rings. The SMILES string of the molecule is CC(C)N(C)C(=O)c1cc(F)ccc1Oc1cncnc1N1CC2(CC(N)C2)C1. The summed E-state index contributed by atoms with van der Waals surface area (Å²) in [5.74, 6) is 0.596. The number of halogens is 1. The predicted molar refractivity (Wildman–Crippen MR) is 108 cm³/mol. The normalized spacial score (nSPS) is 17.8. The van der Waals surface area contributed by atoms with Crippen molar-refractivity contribution in [2.45, 2.75) is 38.8 Å². The van der Waals surface area contributed by atoms with Gasteiger partial charge in [0.05, 0.1) is 11.8 Å². The second-order valence-electron chi connectivity index (χ2n) is 8.49. The highest BCUT2D eigenvalue weighted by atomic mass is 19.1. The van der Waals surface area contributed by atoms with Gasteiger partial charge in [-0.25, -0.2) is 14.4 Å². The zero-order valence-electron chi connectivity index (χ0n) is 16.9. The Hall–Kier alpha value is -2.74. The Bertz CT molecular complexity index is 921. The highest BCUT2D eigenvalue weighted by molar-refractivity contribution is 5.97. The molecule has 29 heavy (non-hydrogen) atoms. The molecule has 1 saturated heterocycles. The van der Waals surface area contributed by atoms with E-state index in [4.69, 9.17) is 10.5 Å². The molecule has 154 valence electrons. The lowest BCUT2D eigenvalue weighted by Gasteiger charge is -2.58. The minimum absolute atomic E-state index is 0.0274. The Morgan fingerprint density at radius 3 is 2.72 bits per heavy atom. The molecule has 0 atom stereocenters. The highest BCUT2D eigenvalue weighted by Crippen LogP contribution is 2.50. The maximum Gasteiger partial charge on any atom is 0.257 e. The van der Waals surface area contributed by atoms with Gasteiger partial charge in [-0.05, 0) is 44.9 Å². The molecule has 1 spiro atoms. The van der Waals surface area contributed by atoms with E-state index in [2.05, 4.69) is 14.9 Å². The summed E-state index contributed by atoms with van der Waals surface area (Å²) >= 11 is 0. The topological polar surface area (TPSA) is 84.6 Å². The minimum atomic E-state index is -0.492. The van der Waals surface area contributed by atoms with Gasteiger partial charge in [0.15, 0.2) is 11.6 Å². The van der Waals surface area contributed by atoms with Gasteiger partial charge < -0.3 is 20.3 Å². The Labute approximate surface area is 169 Å². The molecule has 0 bridgehead atoms. The Morgan fingerprint density at radius 2 is 2.07 bits per heavy atom. The molecule has 0 radical (unpaired) electrons. The molecule has 2 heterocycles. The first kappa shape index (κ1) is 19.6. The zero-order chi connectivity index (χ0) is 20.8. The van der Waals surface area contributed by atoms with Crippen molar-refractivity contribution in [2.75, 3.05) is 25.0 Å². The van der Waals surface area contributed by atoms with Crippen LogP contribution in [0, 0.1) is 11.2 Å². The first-order valence-corrected chi connectivity index (χ1v) is 9.83. The summed E-state index contributed by atoms with van der Waals surface area (Å²) in [7, 11) is 1.68. The third kappa shape index (κ3) is 3.64. The van der Waals surface area contributed by atoms with Crippen molar-refractivity contribution in [3.05, 3.63) is 42.1 Å². The van der Waals surface area contributed by atoms with Crippen molar-refractivity contribution in [1.82, 2.24) is 14.9 Å². The third-order valence-electron chi connectivity index (χ3n) is 5.89. The van der Waals surface area contributed by atoms with Crippen molar-refractivity contribution in [1.29, 1.82) is 0 Å². The monoisotopic (exact) mass is 399 g/mol. The number of ether oxygens (including phenoxy) is 1. The lowest BCUT2D eigenvalue weighted by atomic mass is 9.61. The maximum atomic E-state index is 13.9. The lowest BCUT2D eigenvalue weighted by molar-refractivity contribution is 0.0655. The van der Waals surface area contributed by atoms with Crippen molar-refractivity contribution in [3.8, 4) is 11.5 Å². The Kier molecular flexibility index (Phi) is 4.90. The summed E-state index contributed by atoms with van der Waals surface area (Å²) in [6.07, 6.45) is 5.11. The van der Waals surface area contributed by atoms with Crippen LogP contribution in [0.2, 0.25) is 0 Å². The van der Waals surface area contributed by atoms with Crippen LogP contribution in [0.25, 0.3) is 0 Å². The van der Waals surface area contributed by atoms with E-state index in [0.717, 1.165) is 25.9 Å². The molecule has 2 aliphatic rings. The summed E-state index contributed by atoms with van der Waals surface area (Å²) in [5.41, 5.74) is 6.41. The molecule has 4 rings (SSSR count). The van der Waals surface area contributed by atoms with E-state index in [1.807, 2.05) is 13.8 Å². The maximum absolute atomic E-state index is 13.9. The van der Waals surface area contributed by atoms with E-state index < -0.39 is 5.82 Å². The first-order valence-electron chi connectivity index (χ1n) is 9.83. The van der Waals surface area contributed by atoms with Crippen LogP contribution in [-0.4, -0.2) is 53.0 Å². The second-order valence-corrected chi connectivity index (χ2v) is 8.49. The van der Waals surface area contributed by atoms with Crippen LogP contribution in [-0.2, 0) is 0 Å². The van der Waals surface area contributed by atoms with Gasteiger partial charge in [0.1, 0.15) is 17.9 Å². The highest BCUT2D eigenvalue weighted by Gasteiger charge is 2.52. The number of carbonyl (C=O) groups is 1. The number of carbonyl (C=O) groups excluding carboxylic acids is 1. The van der Waals surface area contributed by atoms with Crippen LogP contribution in [0.4, 0.5) is 10.2 Å². The summed E-state index contributed by atoms with van der Waals surface area (Å²) in [6.45, 7) is 5.54. The first-order chi connectivity index (χ1) is 13.8. The molecular formula is C21H26FN5O2. The number of aromatic nitrogens is 2. The van der Waals surface area contributed by atoms with Crippen molar-refractivity contribution < 1.29 is 13.9 Å². The molecule has 7 nitrogen and oxygen atoms in total. The van der Waals surface area contributed by atoms with E-state index in [9.17, 15) is 9.18 Å². The zero-order valence-corrected chi connectivity index (χ0v) is 16.9. The van der Waals surface area contributed by atoms with Gasteiger partial charge in [-0.15, -0.1) is 0 Å². The Morgan fingerprint density at radius 1 is 1.34 bits per heavy atom. The van der Waals surface area contributed by atoms with Crippen LogP contribution in [0.1, 0.15) is 37.0 Å². The van der Waals surface area contributed by atoms with E-state index in [0.29, 0.717) is 23.0 Å². The number of hydrogen-bond donors (Lipinski definition) is 1. The molecule has 1 amide bonds. The van der Waals surface area contributed by atoms with Gasteiger partial charge in [0.25, 0.3) is 5.91 Å². The molecule has 1 saturated carbocycles. The number of rotatable bonds is 5. The number of benzene rings is 1.